The van der Waals surface area contributed by atoms with Crippen molar-refractivity contribution in [1.82, 2.24) is 0 Å². The third kappa shape index (κ3) is 6.88. The Morgan fingerprint density at radius 2 is 1.45 bits per heavy atom. The minimum Gasteiger partial charge on any atom is -0.490 e. The summed E-state index contributed by atoms with van der Waals surface area (Å²) in [5.74, 6) is 3.21. The molecule has 6 nitrogen and oxygen atoms in total. The lowest BCUT2D eigenvalue weighted by molar-refractivity contribution is 0.261. The molecule has 1 heterocycles. The molecule has 0 aliphatic carbocycles. The molecule has 0 amide bonds. The fourth-order valence-corrected chi connectivity index (χ4v) is 3.50. The highest BCUT2D eigenvalue weighted by Crippen LogP contribution is 2.33. The van der Waals surface area contributed by atoms with Crippen molar-refractivity contribution >= 4 is 11.8 Å². The Bertz CT molecular complexity index is 758. The molecule has 2 rings (SSSR count). The Labute approximate surface area is 188 Å². The van der Waals surface area contributed by atoms with Crippen LogP contribution in [0.4, 0.5) is 0 Å². The van der Waals surface area contributed by atoms with Crippen molar-refractivity contribution < 1.29 is 18.9 Å². The van der Waals surface area contributed by atoms with Gasteiger partial charge in [-0.15, -0.1) is 0 Å². The Morgan fingerprint density at radius 1 is 0.871 bits per heavy atom. The van der Waals surface area contributed by atoms with Gasteiger partial charge in [0.15, 0.2) is 11.5 Å². The fourth-order valence-electron chi connectivity index (χ4n) is 3.50. The van der Waals surface area contributed by atoms with Crippen molar-refractivity contribution in [2.75, 3.05) is 27.4 Å². The van der Waals surface area contributed by atoms with Crippen LogP contribution in [0.1, 0.15) is 64.5 Å². The Hall–Kier alpha value is -2.24. The molecule has 31 heavy (non-hydrogen) atoms. The average molecular weight is 433 g/mol. The van der Waals surface area contributed by atoms with Crippen molar-refractivity contribution in [1.29, 1.82) is 0 Å². The third-order valence-electron chi connectivity index (χ3n) is 5.46. The van der Waals surface area contributed by atoms with E-state index in [1.807, 2.05) is 0 Å². The van der Waals surface area contributed by atoms with E-state index in [1.165, 1.54) is 0 Å². The van der Waals surface area contributed by atoms with Crippen molar-refractivity contribution in [2.45, 2.75) is 78.8 Å². The maximum atomic E-state index is 6.09. The first-order valence-corrected chi connectivity index (χ1v) is 11.6. The zero-order chi connectivity index (χ0) is 22.8. The molecule has 0 spiro atoms. The second-order valence-electron chi connectivity index (χ2n) is 8.38. The quantitative estimate of drug-likeness (QED) is 0.440. The number of nitrogens with zero attached hydrogens (tertiary/aromatic N) is 2. The molecule has 0 saturated carbocycles. The zero-order valence-electron chi connectivity index (χ0n) is 20.4. The van der Waals surface area contributed by atoms with E-state index in [0.29, 0.717) is 31.4 Å². The minimum atomic E-state index is -0.219. The van der Waals surface area contributed by atoms with Crippen LogP contribution in [0, 0.1) is 12.8 Å². The van der Waals surface area contributed by atoms with Gasteiger partial charge in [0.2, 0.25) is 11.8 Å². The number of benzene rings is 1. The summed E-state index contributed by atoms with van der Waals surface area (Å²) < 4.78 is 23.3. The van der Waals surface area contributed by atoms with Crippen molar-refractivity contribution in [3.05, 3.63) is 23.3 Å². The second-order valence-corrected chi connectivity index (χ2v) is 8.38. The topological polar surface area (TPSA) is 61.6 Å². The molecule has 0 saturated heterocycles. The fraction of sp³-hybridized carbons (Fsp3) is 0.680. The summed E-state index contributed by atoms with van der Waals surface area (Å²) in [4.78, 5) is 9.64. The minimum absolute atomic E-state index is 0.112. The number of methoxy groups -OCH3 is 2. The molecule has 0 N–H and O–H groups in total. The number of rotatable bonds is 11. The molecule has 1 aliphatic rings. The van der Waals surface area contributed by atoms with Gasteiger partial charge in [-0.2, -0.15) is 0 Å². The van der Waals surface area contributed by atoms with Gasteiger partial charge in [0.1, 0.15) is 12.1 Å². The van der Waals surface area contributed by atoms with Crippen LogP contribution >= 0.6 is 0 Å². The van der Waals surface area contributed by atoms with Gasteiger partial charge in [0.25, 0.3) is 0 Å². The summed E-state index contributed by atoms with van der Waals surface area (Å²) in [5, 5.41) is 0. The maximum absolute atomic E-state index is 6.09. The van der Waals surface area contributed by atoms with Crippen molar-refractivity contribution in [2.24, 2.45) is 15.9 Å². The molecule has 174 valence electrons. The highest BCUT2D eigenvalue weighted by Gasteiger charge is 2.31. The van der Waals surface area contributed by atoms with Gasteiger partial charge in [-0.05, 0) is 48.9 Å². The van der Waals surface area contributed by atoms with Crippen LogP contribution < -0.4 is 9.47 Å². The molecule has 6 heteroatoms. The second kappa shape index (κ2) is 12.6. The van der Waals surface area contributed by atoms with E-state index in [0.717, 1.165) is 48.3 Å². The Kier molecular flexibility index (Phi) is 10.2. The number of hydrogen-bond donors (Lipinski definition) is 0. The van der Waals surface area contributed by atoms with Crippen LogP contribution in [0.25, 0.3) is 0 Å². The van der Waals surface area contributed by atoms with E-state index in [2.05, 4.69) is 46.8 Å². The molecular formula is C25H40N2O4. The predicted molar refractivity (Wildman–Crippen MR) is 127 cm³/mol. The molecule has 2 atom stereocenters. The molecule has 1 aromatic carbocycles. The monoisotopic (exact) mass is 432 g/mol. The predicted octanol–water partition coefficient (Wildman–Crippen LogP) is 5.39. The zero-order valence-corrected chi connectivity index (χ0v) is 20.4. The number of aliphatic imine (C=N–C) groups is 2. The largest absolute Gasteiger partial charge is 0.490 e. The van der Waals surface area contributed by atoms with Gasteiger partial charge in [-0.1, -0.05) is 40.5 Å². The van der Waals surface area contributed by atoms with Crippen LogP contribution in [0.15, 0.2) is 22.1 Å². The maximum Gasteiger partial charge on any atom is 0.209 e. The molecule has 0 fully saturated rings. The standard InChI is InChI=1S/C25H40N2O4/c1-8-10-12-30-21-14-18(5)19(16-22(21)31-13-11-9-2)15-20-24(28-6)27-23(17(3)4)25(26-20)29-7/h14,16-17,20,23H,8-13,15H2,1-7H3/t20-,23+/m1/s1. The van der Waals surface area contributed by atoms with Gasteiger partial charge >= 0.3 is 0 Å². The van der Waals surface area contributed by atoms with Crippen molar-refractivity contribution in [3.8, 4) is 11.5 Å². The number of unbranched alkanes of at least 4 members (excludes halogenated alkanes) is 2. The van der Waals surface area contributed by atoms with Gasteiger partial charge in [-0.25, -0.2) is 9.98 Å². The van der Waals surface area contributed by atoms with E-state index in [9.17, 15) is 0 Å². The van der Waals surface area contributed by atoms with Gasteiger partial charge < -0.3 is 18.9 Å². The van der Waals surface area contributed by atoms with Crippen molar-refractivity contribution in [3.63, 3.8) is 0 Å². The van der Waals surface area contributed by atoms with Gasteiger partial charge in [0, 0.05) is 6.42 Å². The lowest BCUT2D eigenvalue weighted by Crippen LogP contribution is -2.38. The summed E-state index contributed by atoms with van der Waals surface area (Å²) >= 11 is 0. The SMILES string of the molecule is CCCCOc1cc(C)c(C[C@H]2N=C(OC)[C@H](C(C)C)N=C2OC)cc1OCCCC. The molecular weight excluding hydrogens is 392 g/mol. The number of ether oxygens (including phenoxy) is 4. The number of hydrogen-bond acceptors (Lipinski definition) is 6. The molecule has 0 unspecified atom stereocenters. The van der Waals surface area contributed by atoms with E-state index in [1.54, 1.807) is 14.2 Å². The Morgan fingerprint density at radius 3 is 1.97 bits per heavy atom. The highest BCUT2D eigenvalue weighted by atomic mass is 16.5. The van der Waals surface area contributed by atoms with Gasteiger partial charge in [-0.3, -0.25) is 0 Å². The summed E-state index contributed by atoms with van der Waals surface area (Å²) in [7, 11) is 3.32. The first-order valence-electron chi connectivity index (χ1n) is 11.6. The van der Waals surface area contributed by atoms with Crippen LogP contribution in [0.2, 0.25) is 0 Å². The van der Waals surface area contributed by atoms with E-state index < -0.39 is 0 Å². The van der Waals surface area contributed by atoms with Crippen LogP contribution in [0.5, 0.6) is 11.5 Å². The van der Waals surface area contributed by atoms with Crippen LogP contribution in [-0.4, -0.2) is 51.3 Å². The Balaban J connectivity index is 2.30. The summed E-state index contributed by atoms with van der Waals surface area (Å²) in [6.07, 6.45) is 4.89. The lowest BCUT2D eigenvalue weighted by Gasteiger charge is -2.27. The van der Waals surface area contributed by atoms with Gasteiger partial charge in [0.05, 0.1) is 27.4 Å². The first-order chi connectivity index (χ1) is 14.9. The normalized spacial score (nSPS) is 18.5. The number of aryl methyl sites for hydroxylation is 1. The molecule has 0 bridgehead atoms. The molecule has 1 aliphatic heterocycles. The lowest BCUT2D eigenvalue weighted by atomic mass is 9.97. The van der Waals surface area contributed by atoms with Crippen LogP contribution in [-0.2, 0) is 15.9 Å². The van der Waals surface area contributed by atoms with Crippen LogP contribution in [0.3, 0.4) is 0 Å². The highest BCUT2D eigenvalue weighted by molar-refractivity contribution is 5.94. The average Bonchev–Trinajstić information content (AvgIpc) is 2.76. The molecule has 1 aromatic rings. The first kappa shape index (κ1) is 25.0. The van der Waals surface area contributed by atoms with E-state index >= 15 is 0 Å². The summed E-state index contributed by atoms with van der Waals surface area (Å²) in [6, 6.07) is 3.84. The summed E-state index contributed by atoms with van der Waals surface area (Å²) in [5.41, 5.74) is 2.29. The summed E-state index contributed by atoms with van der Waals surface area (Å²) in [6.45, 7) is 12.0. The van der Waals surface area contributed by atoms with E-state index in [-0.39, 0.29) is 18.0 Å². The third-order valence-corrected chi connectivity index (χ3v) is 5.46. The van der Waals surface area contributed by atoms with E-state index in [4.69, 9.17) is 28.9 Å². The smallest absolute Gasteiger partial charge is 0.209 e. The molecule has 0 aromatic heterocycles. The molecule has 0 radical (unpaired) electrons.